The first-order valence-corrected chi connectivity index (χ1v) is 9.32. The van der Waals surface area contributed by atoms with Crippen LogP contribution in [0.25, 0.3) is 0 Å². The Hall–Kier alpha value is -2.86. The number of hydrogen-bond donors (Lipinski definition) is 1. The van der Waals surface area contributed by atoms with Crippen LogP contribution in [0.5, 0.6) is 5.75 Å². The first-order valence-electron chi connectivity index (χ1n) is 9.32. The predicted molar refractivity (Wildman–Crippen MR) is 102 cm³/mol. The number of fused-ring (bicyclic) bond motifs is 5. The van der Waals surface area contributed by atoms with Crippen LogP contribution in [0, 0.1) is 0 Å². The highest BCUT2D eigenvalue weighted by Gasteiger charge is 2.71. The fourth-order valence-electron chi connectivity index (χ4n) is 4.55. The van der Waals surface area contributed by atoms with Crippen molar-refractivity contribution in [3.8, 4) is 5.75 Å². The molecule has 6 heteroatoms. The Morgan fingerprint density at radius 1 is 1.18 bits per heavy atom. The van der Waals surface area contributed by atoms with Crippen LogP contribution < -0.4 is 10.5 Å². The Morgan fingerprint density at radius 2 is 1.93 bits per heavy atom. The van der Waals surface area contributed by atoms with E-state index in [9.17, 15) is 9.59 Å². The van der Waals surface area contributed by atoms with Gasteiger partial charge in [0, 0.05) is 30.2 Å². The summed E-state index contributed by atoms with van der Waals surface area (Å²) in [5, 5.41) is 0. The summed E-state index contributed by atoms with van der Waals surface area (Å²) in [6, 6.07) is 13.2. The van der Waals surface area contributed by atoms with Crippen molar-refractivity contribution < 1.29 is 23.8 Å². The molecule has 2 N–H and O–H groups in total. The third kappa shape index (κ3) is 2.24. The molecular weight excluding hydrogens is 358 g/mol. The van der Waals surface area contributed by atoms with E-state index in [2.05, 4.69) is 13.8 Å². The van der Waals surface area contributed by atoms with Crippen molar-refractivity contribution in [1.82, 2.24) is 0 Å². The molecule has 1 heterocycles. The quantitative estimate of drug-likeness (QED) is 0.855. The summed E-state index contributed by atoms with van der Waals surface area (Å²) in [5.41, 5.74) is 7.08. The normalized spacial score (nSPS) is 24.5. The number of amides is 1. The summed E-state index contributed by atoms with van der Waals surface area (Å²) >= 11 is 0. The molecule has 2 aliphatic rings. The van der Waals surface area contributed by atoms with Gasteiger partial charge in [0.2, 0.25) is 0 Å². The van der Waals surface area contributed by atoms with Crippen LogP contribution in [-0.4, -0.2) is 25.6 Å². The molecule has 2 aromatic rings. The minimum atomic E-state index is -1.31. The number of ether oxygens (including phenoxy) is 3. The van der Waals surface area contributed by atoms with Gasteiger partial charge in [0.05, 0.1) is 6.61 Å². The topological polar surface area (TPSA) is 87.8 Å². The SMILES string of the molecule is COC12Oc3cc(C(C)C)ccc3C1(CCOC(N)=O)C(=O)c1ccccc12. The zero-order valence-electron chi connectivity index (χ0n) is 16.2. The summed E-state index contributed by atoms with van der Waals surface area (Å²) < 4.78 is 17.3. The van der Waals surface area contributed by atoms with E-state index in [1.807, 2.05) is 36.4 Å². The van der Waals surface area contributed by atoms with Crippen LogP contribution >= 0.6 is 0 Å². The summed E-state index contributed by atoms with van der Waals surface area (Å²) in [7, 11) is 1.54. The molecule has 1 amide bonds. The number of primary amides is 1. The van der Waals surface area contributed by atoms with Gasteiger partial charge in [0.25, 0.3) is 5.79 Å². The smallest absolute Gasteiger partial charge is 0.404 e. The first kappa shape index (κ1) is 18.5. The number of ketones is 1. The van der Waals surface area contributed by atoms with Crippen LogP contribution in [0.15, 0.2) is 42.5 Å². The van der Waals surface area contributed by atoms with Gasteiger partial charge in [-0.05, 0) is 17.5 Å². The molecule has 28 heavy (non-hydrogen) atoms. The summed E-state index contributed by atoms with van der Waals surface area (Å²) in [6.45, 7) is 4.18. The van der Waals surface area contributed by atoms with Gasteiger partial charge in [-0.1, -0.05) is 50.2 Å². The zero-order chi connectivity index (χ0) is 20.1. The highest BCUT2D eigenvalue weighted by Crippen LogP contribution is 2.62. The third-order valence-electron chi connectivity index (χ3n) is 5.87. The minimum absolute atomic E-state index is 0.0189. The minimum Gasteiger partial charge on any atom is -0.456 e. The van der Waals surface area contributed by atoms with Gasteiger partial charge in [-0.25, -0.2) is 4.79 Å². The van der Waals surface area contributed by atoms with Crippen LogP contribution in [0.3, 0.4) is 0 Å². The van der Waals surface area contributed by atoms with Gasteiger partial charge in [-0.2, -0.15) is 0 Å². The van der Waals surface area contributed by atoms with E-state index < -0.39 is 17.3 Å². The van der Waals surface area contributed by atoms with Crippen LogP contribution in [0.2, 0.25) is 0 Å². The van der Waals surface area contributed by atoms with Gasteiger partial charge in [0.15, 0.2) is 5.78 Å². The van der Waals surface area contributed by atoms with Crippen molar-refractivity contribution in [2.45, 2.75) is 37.4 Å². The maximum atomic E-state index is 13.7. The van der Waals surface area contributed by atoms with E-state index >= 15 is 0 Å². The molecule has 0 saturated carbocycles. The maximum Gasteiger partial charge on any atom is 0.404 e. The predicted octanol–water partition coefficient (Wildman–Crippen LogP) is 3.62. The first-order chi connectivity index (χ1) is 13.4. The molecule has 2 unspecified atom stereocenters. The molecule has 4 rings (SSSR count). The summed E-state index contributed by atoms with van der Waals surface area (Å²) in [4.78, 5) is 24.8. The van der Waals surface area contributed by atoms with Crippen molar-refractivity contribution >= 4 is 11.9 Å². The number of carbonyl (C=O) groups is 2. The lowest BCUT2D eigenvalue weighted by Crippen LogP contribution is -2.51. The highest BCUT2D eigenvalue weighted by molar-refractivity contribution is 6.11. The molecule has 1 aliphatic carbocycles. The van der Waals surface area contributed by atoms with Gasteiger partial charge in [-0.15, -0.1) is 0 Å². The number of nitrogens with two attached hydrogens (primary N) is 1. The summed E-state index contributed by atoms with van der Waals surface area (Å²) in [6.07, 6.45) is -0.678. The third-order valence-corrected chi connectivity index (χ3v) is 5.87. The average molecular weight is 381 g/mol. The lowest BCUT2D eigenvalue weighted by atomic mass is 9.71. The Balaban J connectivity index is 1.93. The van der Waals surface area contributed by atoms with Gasteiger partial charge < -0.3 is 19.9 Å². The van der Waals surface area contributed by atoms with Crippen LogP contribution in [0.1, 0.15) is 53.2 Å². The van der Waals surface area contributed by atoms with Gasteiger partial charge >= 0.3 is 6.09 Å². The van der Waals surface area contributed by atoms with Gasteiger partial charge in [-0.3, -0.25) is 4.79 Å². The Bertz CT molecular complexity index is 969. The summed E-state index contributed by atoms with van der Waals surface area (Å²) in [5.74, 6) is -0.478. The molecule has 2 aromatic carbocycles. The Kier molecular flexibility index (Phi) is 4.19. The Morgan fingerprint density at radius 3 is 2.61 bits per heavy atom. The van der Waals surface area contributed by atoms with Crippen LogP contribution in [0.4, 0.5) is 4.79 Å². The van der Waals surface area contributed by atoms with E-state index in [1.165, 1.54) is 7.11 Å². The van der Waals surface area contributed by atoms with E-state index in [4.69, 9.17) is 19.9 Å². The van der Waals surface area contributed by atoms with Crippen LogP contribution in [-0.2, 0) is 20.7 Å². The molecule has 0 spiro atoms. The van der Waals surface area contributed by atoms with Crippen molar-refractivity contribution in [3.05, 3.63) is 64.7 Å². The van der Waals surface area contributed by atoms with Crippen molar-refractivity contribution in [3.63, 3.8) is 0 Å². The number of carbonyl (C=O) groups excluding carboxylic acids is 2. The lowest BCUT2D eigenvalue weighted by molar-refractivity contribution is -0.191. The fraction of sp³-hybridized carbons (Fsp3) is 0.364. The van der Waals surface area contributed by atoms with E-state index in [0.717, 1.165) is 11.1 Å². The maximum absolute atomic E-state index is 13.7. The van der Waals surface area contributed by atoms with Crippen molar-refractivity contribution in [1.29, 1.82) is 0 Å². The molecule has 146 valence electrons. The number of Topliss-reactive ketones (excluding diaryl/α,β-unsaturated/α-hetero) is 1. The molecule has 0 bridgehead atoms. The molecule has 0 saturated heterocycles. The van der Waals surface area contributed by atoms with Crippen molar-refractivity contribution in [2.75, 3.05) is 13.7 Å². The van der Waals surface area contributed by atoms with Gasteiger partial charge in [0.1, 0.15) is 11.2 Å². The zero-order valence-corrected chi connectivity index (χ0v) is 16.2. The van der Waals surface area contributed by atoms with Crippen molar-refractivity contribution in [2.24, 2.45) is 5.73 Å². The molecule has 0 fully saturated rings. The molecular formula is C22H23NO5. The number of benzene rings is 2. The molecule has 0 aromatic heterocycles. The molecule has 2 atom stereocenters. The number of methoxy groups -OCH3 is 1. The average Bonchev–Trinajstić information content (AvgIpc) is 3.07. The fourth-order valence-corrected chi connectivity index (χ4v) is 4.55. The standard InChI is InChI=1S/C22H23NO5/c1-13(2)14-8-9-17-18(12-14)28-22(26-3)16-7-5-4-6-15(16)19(24)21(17,22)10-11-27-20(23)25/h4-9,12-13H,10-11H2,1-3H3,(H2,23,25). The highest BCUT2D eigenvalue weighted by atomic mass is 16.7. The second-order valence-electron chi connectivity index (χ2n) is 7.53. The number of hydrogen-bond acceptors (Lipinski definition) is 5. The monoisotopic (exact) mass is 381 g/mol. The van der Waals surface area contributed by atoms with E-state index in [-0.39, 0.29) is 18.8 Å². The second kappa shape index (κ2) is 6.34. The Labute approximate surface area is 163 Å². The lowest BCUT2D eigenvalue weighted by Gasteiger charge is -2.36. The van der Waals surface area contributed by atoms with E-state index in [1.54, 1.807) is 6.07 Å². The molecule has 6 nitrogen and oxygen atoms in total. The number of rotatable bonds is 5. The second-order valence-corrected chi connectivity index (χ2v) is 7.53. The molecule has 0 radical (unpaired) electrons. The van der Waals surface area contributed by atoms with E-state index in [0.29, 0.717) is 22.8 Å². The molecule has 1 aliphatic heterocycles. The largest absolute Gasteiger partial charge is 0.456 e.